The van der Waals surface area contributed by atoms with Gasteiger partial charge in [0.2, 0.25) is 0 Å². The van der Waals surface area contributed by atoms with E-state index < -0.39 is 0 Å². The molecule has 0 atom stereocenters. The van der Waals surface area contributed by atoms with Crippen molar-refractivity contribution in [2.45, 2.75) is 33.6 Å². The minimum atomic E-state index is 0.196. The largest absolute Gasteiger partial charge is 0.311 e. The van der Waals surface area contributed by atoms with E-state index in [1.54, 1.807) is 0 Å². The van der Waals surface area contributed by atoms with E-state index in [-0.39, 0.29) is 5.92 Å². The van der Waals surface area contributed by atoms with Crippen LogP contribution in [0.1, 0.15) is 44.9 Å². The predicted molar refractivity (Wildman–Crippen MR) is 203 cm³/mol. The lowest BCUT2D eigenvalue weighted by Crippen LogP contribution is -2.09. The number of thiophene rings is 1. The Labute approximate surface area is 283 Å². The highest BCUT2D eigenvalue weighted by atomic mass is 32.1. The molecule has 0 radical (unpaired) electrons. The summed E-state index contributed by atoms with van der Waals surface area (Å²) in [4.78, 5) is 4.87. The van der Waals surface area contributed by atoms with Crippen LogP contribution < -0.4 is 4.90 Å². The van der Waals surface area contributed by atoms with Gasteiger partial charge in [-0.15, -0.1) is 11.3 Å². The van der Waals surface area contributed by atoms with Gasteiger partial charge in [-0.05, 0) is 104 Å². The van der Waals surface area contributed by atoms with Gasteiger partial charge in [0.15, 0.2) is 0 Å². The van der Waals surface area contributed by atoms with Crippen molar-refractivity contribution in [1.29, 1.82) is 0 Å². The van der Waals surface area contributed by atoms with Crippen molar-refractivity contribution < 1.29 is 0 Å². The topological polar surface area (TPSA) is 3.24 Å². The number of hydrogen-bond donors (Lipinski definition) is 0. The van der Waals surface area contributed by atoms with Crippen LogP contribution in [0.25, 0.3) is 20.9 Å². The molecule has 0 saturated heterocycles. The maximum absolute atomic E-state index is 2.32. The van der Waals surface area contributed by atoms with E-state index in [0.29, 0.717) is 0 Å². The van der Waals surface area contributed by atoms with Crippen molar-refractivity contribution >= 4 is 28.4 Å². The molecule has 0 bridgehead atoms. The summed E-state index contributed by atoms with van der Waals surface area (Å²) in [5.41, 5.74) is 14.9. The third kappa shape index (κ3) is 6.70. The lowest BCUT2D eigenvalue weighted by Gasteiger charge is -2.26. The zero-order chi connectivity index (χ0) is 32.3. The molecule has 0 saturated carbocycles. The zero-order valence-electron chi connectivity index (χ0n) is 27.4. The standard InChI is InChI=1S/C45H39NS/c1-31-5-13-37(14-6-31)45(38-15-7-32(2)8-16-38)39-19-17-35(18-20-39)43-29-30-44(47-43)36-21-27-42(28-22-36)46(40-23-9-33(3)10-24-40)41-25-11-34(4)12-26-41/h5-30,45H,1-4H3. The van der Waals surface area contributed by atoms with Crippen LogP contribution in [0.3, 0.4) is 0 Å². The predicted octanol–water partition coefficient (Wildman–Crippen LogP) is 13.0. The second-order valence-corrected chi connectivity index (χ2v) is 13.7. The third-order valence-electron chi connectivity index (χ3n) is 8.95. The van der Waals surface area contributed by atoms with Gasteiger partial charge in [0, 0.05) is 32.7 Å². The Kier molecular flexibility index (Phi) is 8.61. The molecule has 47 heavy (non-hydrogen) atoms. The Morgan fingerprint density at radius 1 is 0.340 bits per heavy atom. The van der Waals surface area contributed by atoms with Crippen molar-refractivity contribution in [3.63, 3.8) is 0 Å². The van der Waals surface area contributed by atoms with Crippen LogP contribution in [0, 0.1) is 27.7 Å². The van der Waals surface area contributed by atoms with Gasteiger partial charge in [-0.3, -0.25) is 0 Å². The SMILES string of the molecule is Cc1ccc(C(c2ccc(C)cc2)c2ccc(-c3ccc(-c4ccc(N(c5ccc(C)cc5)c5ccc(C)cc5)cc4)s3)cc2)cc1. The van der Waals surface area contributed by atoms with Crippen molar-refractivity contribution in [2.75, 3.05) is 4.90 Å². The fourth-order valence-electron chi connectivity index (χ4n) is 6.19. The van der Waals surface area contributed by atoms with E-state index in [2.05, 4.69) is 190 Å². The minimum absolute atomic E-state index is 0.196. The summed E-state index contributed by atoms with van der Waals surface area (Å²) in [6, 6.07) is 58.1. The average Bonchev–Trinajstić information content (AvgIpc) is 3.60. The number of hydrogen-bond acceptors (Lipinski definition) is 2. The van der Waals surface area contributed by atoms with Gasteiger partial charge >= 0.3 is 0 Å². The molecule has 2 heteroatoms. The highest BCUT2D eigenvalue weighted by molar-refractivity contribution is 7.18. The van der Waals surface area contributed by atoms with E-state index in [1.807, 2.05) is 11.3 Å². The number of benzene rings is 6. The van der Waals surface area contributed by atoms with Crippen LogP contribution >= 0.6 is 11.3 Å². The van der Waals surface area contributed by atoms with Crippen LogP contribution in [0.4, 0.5) is 17.1 Å². The molecule has 1 heterocycles. The first-order valence-electron chi connectivity index (χ1n) is 16.3. The number of rotatable bonds is 8. The molecule has 0 unspecified atom stereocenters. The van der Waals surface area contributed by atoms with Crippen LogP contribution in [-0.2, 0) is 0 Å². The maximum Gasteiger partial charge on any atom is 0.0462 e. The quantitative estimate of drug-likeness (QED) is 0.152. The fourth-order valence-corrected chi connectivity index (χ4v) is 7.21. The zero-order valence-corrected chi connectivity index (χ0v) is 28.3. The second kappa shape index (κ2) is 13.3. The summed E-state index contributed by atoms with van der Waals surface area (Å²) in [5, 5.41) is 0. The van der Waals surface area contributed by atoms with Crippen LogP contribution in [-0.4, -0.2) is 0 Å². The molecule has 7 aromatic rings. The maximum atomic E-state index is 2.32. The highest BCUT2D eigenvalue weighted by Crippen LogP contribution is 2.39. The molecule has 7 rings (SSSR count). The minimum Gasteiger partial charge on any atom is -0.311 e. The Morgan fingerprint density at radius 3 is 0.979 bits per heavy atom. The molecular formula is C45H39NS. The van der Waals surface area contributed by atoms with Gasteiger partial charge in [-0.1, -0.05) is 131 Å². The van der Waals surface area contributed by atoms with Crippen LogP contribution in [0.15, 0.2) is 158 Å². The summed E-state index contributed by atoms with van der Waals surface area (Å²) in [6.45, 7) is 8.56. The normalized spacial score (nSPS) is 11.2. The first-order valence-corrected chi connectivity index (χ1v) is 17.1. The molecule has 0 aliphatic carbocycles. The molecule has 0 fully saturated rings. The van der Waals surface area contributed by atoms with E-state index in [4.69, 9.17) is 0 Å². The van der Waals surface area contributed by atoms with Gasteiger partial charge in [0.05, 0.1) is 0 Å². The highest BCUT2D eigenvalue weighted by Gasteiger charge is 2.18. The number of aryl methyl sites for hydroxylation is 4. The second-order valence-electron chi connectivity index (χ2n) is 12.6. The first kappa shape index (κ1) is 30.5. The summed E-state index contributed by atoms with van der Waals surface area (Å²) in [7, 11) is 0. The summed E-state index contributed by atoms with van der Waals surface area (Å²) >= 11 is 1.85. The Morgan fingerprint density at radius 2 is 0.617 bits per heavy atom. The Balaban J connectivity index is 1.15. The molecule has 1 nitrogen and oxygen atoms in total. The third-order valence-corrected chi connectivity index (χ3v) is 10.1. The smallest absolute Gasteiger partial charge is 0.0462 e. The summed E-state index contributed by atoms with van der Waals surface area (Å²) in [5.74, 6) is 0.196. The van der Waals surface area contributed by atoms with Gasteiger partial charge in [0.1, 0.15) is 0 Å². The van der Waals surface area contributed by atoms with Gasteiger partial charge in [-0.25, -0.2) is 0 Å². The van der Waals surface area contributed by atoms with Gasteiger partial charge < -0.3 is 4.90 Å². The molecule has 0 amide bonds. The molecule has 0 aliphatic heterocycles. The number of anilines is 3. The molecule has 6 aromatic carbocycles. The fraction of sp³-hybridized carbons (Fsp3) is 0.111. The van der Waals surface area contributed by atoms with Crippen LogP contribution in [0.5, 0.6) is 0 Å². The van der Waals surface area contributed by atoms with Crippen LogP contribution in [0.2, 0.25) is 0 Å². The molecule has 230 valence electrons. The first-order chi connectivity index (χ1) is 22.9. The van der Waals surface area contributed by atoms with E-state index >= 15 is 0 Å². The lowest BCUT2D eigenvalue weighted by atomic mass is 9.84. The van der Waals surface area contributed by atoms with Gasteiger partial charge in [0.25, 0.3) is 0 Å². The average molecular weight is 626 g/mol. The van der Waals surface area contributed by atoms with E-state index in [9.17, 15) is 0 Å². The van der Waals surface area contributed by atoms with Crippen molar-refractivity contribution in [1.82, 2.24) is 0 Å². The molecule has 0 aliphatic rings. The van der Waals surface area contributed by atoms with Crippen molar-refractivity contribution in [3.8, 4) is 20.9 Å². The molecule has 1 aromatic heterocycles. The van der Waals surface area contributed by atoms with E-state index in [0.717, 1.165) is 17.1 Å². The Hall–Kier alpha value is -5.18. The van der Waals surface area contributed by atoms with E-state index in [1.165, 1.54) is 59.8 Å². The molecular weight excluding hydrogens is 587 g/mol. The summed E-state index contributed by atoms with van der Waals surface area (Å²) < 4.78 is 0. The molecule has 0 N–H and O–H groups in total. The number of nitrogens with zero attached hydrogens (tertiary/aromatic N) is 1. The molecule has 0 spiro atoms. The Bertz CT molecular complexity index is 1820. The van der Waals surface area contributed by atoms with Gasteiger partial charge in [-0.2, -0.15) is 0 Å². The summed E-state index contributed by atoms with van der Waals surface area (Å²) in [6.07, 6.45) is 0. The van der Waals surface area contributed by atoms with Crippen molar-refractivity contribution in [2.24, 2.45) is 0 Å². The van der Waals surface area contributed by atoms with Crippen molar-refractivity contribution in [3.05, 3.63) is 197 Å². The monoisotopic (exact) mass is 625 g/mol. The lowest BCUT2D eigenvalue weighted by molar-refractivity contribution is 0.975.